The number of carbonyl (C=O) groups is 1. The van der Waals surface area contributed by atoms with Gasteiger partial charge in [0.15, 0.2) is 17.3 Å². The molecule has 1 amide bonds. The van der Waals surface area contributed by atoms with Crippen molar-refractivity contribution in [2.45, 2.75) is 58.5 Å². The van der Waals surface area contributed by atoms with Crippen molar-refractivity contribution in [2.75, 3.05) is 29.9 Å². The summed E-state index contributed by atoms with van der Waals surface area (Å²) in [6.45, 7) is 11.4. The van der Waals surface area contributed by atoms with Gasteiger partial charge in [0.1, 0.15) is 17.3 Å². The van der Waals surface area contributed by atoms with Crippen LogP contribution in [0.15, 0.2) is 53.7 Å². The standard InChI is InChI=1S/C33H34F3N7O2/c1-17(2)27-29-21(11-13-38-27)8-7-12-37-25-10-6-9-23(35)26(25)28-24(36)14-22-30(40-33(45)43(29)31(22)39-28)41-15-19(4)42(16-18(41)3)32(44)20(5)34/h6,9-11,13-14,17-19,37H,5,7-8,12,15-16H2,1-4H3/t18-,19+/m0/s1. The van der Waals surface area contributed by atoms with Crippen LogP contribution in [0.25, 0.3) is 28.0 Å². The van der Waals surface area contributed by atoms with E-state index in [2.05, 4.69) is 21.9 Å². The Labute approximate surface area is 258 Å². The van der Waals surface area contributed by atoms with E-state index in [1.165, 1.54) is 21.6 Å². The summed E-state index contributed by atoms with van der Waals surface area (Å²) in [7, 11) is 0. The topological polar surface area (TPSA) is 96.3 Å². The van der Waals surface area contributed by atoms with Gasteiger partial charge in [-0.25, -0.2) is 27.5 Å². The lowest BCUT2D eigenvalue weighted by molar-refractivity contribution is -0.131. The monoisotopic (exact) mass is 617 g/mol. The molecular formula is C33H34F3N7O2. The van der Waals surface area contributed by atoms with Crippen molar-refractivity contribution < 1.29 is 18.0 Å². The van der Waals surface area contributed by atoms with Crippen molar-refractivity contribution in [3.05, 3.63) is 82.3 Å². The number of carbonyl (C=O) groups excluding carboxylic acids is 1. The van der Waals surface area contributed by atoms with E-state index in [9.17, 15) is 14.0 Å². The van der Waals surface area contributed by atoms with E-state index in [1.807, 2.05) is 26.8 Å². The Hall–Kier alpha value is -4.74. The largest absolute Gasteiger partial charge is 0.384 e. The number of fused-ring (bicyclic) bond motifs is 5. The number of halogens is 3. The molecule has 2 aliphatic heterocycles. The molecule has 1 saturated heterocycles. The maximum atomic E-state index is 16.2. The first kappa shape index (κ1) is 30.3. The van der Waals surface area contributed by atoms with Crippen molar-refractivity contribution in [1.82, 2.24) is 24.4 Å². The maximum Gasteiger partial charge on any atom is 0.355 e. The van der Waals surface area contributed by atoms with Gasteiger partial charge in [-0.1, -0.05) is 26.5 Å². The molecule has 234 valence electrons. The average Bonchev–Trinajstić information content (AvgIpc) is 2.99. The number of amides is 1. The predicted molar refractivity (Wildman–Crippen MR) is 167 cm³/mol. The SMILES string of the molecule is C=C(F)C(=O)N1C[C@H](C)N(c2nc(=O)n3c4nc(c(F)cc24)-c2c(F)cccc2NCCCc2ccnc(C(C)C)c2-3)C[C@H]1C. The number of nitrogens with one attached hydrogen (secondary N) is 1. The second kappa shape index (κ2) is 11.6. The number of rotatable bonds is 3. The summed E-state index contributed by atoms with van der Waals surface area (Å²) in [6.07, 6.45) is 2.92. The Morgan fingerprint density at radius 2 is 1.87 bits per heavy atom. The Morgan fingerprint density at radius 1 is 1.09 bits per heavy atom. The Balaban J connectivity index is 1.67. The highest BCUT2D eigenvalue weighted by Gasteiger charge is 2.36. The summed E-state index contributed by atoms with van der Waals surface area (Å²) in [6, 6.07) is 6.66. The molecule has 0 spiro atoms. The number of aryl methyl sites for hydroxylation is 1. The zero-order chi connectivity index (χ0) is 32.2. The molecular weight excluding hydrogens is 583 g/mol. The molecule has 2 aliphatic rings. The molecule has 2 bridgehead atoms. The van der Waals surface area contributed by atoms with Crippen molar-refractivity contribution in [3.8, 4) is 16.9 Å². The fraction of sp³-hybridized carbons (Fsp3) is 0.364. The van der Waals surface area contributed by atoms with Gasteiger partial charge in [-0.15, -0.1) is 0 Å². The molecule has 0 saturated carbocycles. The number of pyridine rings is 2. The van der Waals surface area contributed by atoms with Gasteiger partial charge in [-0.2, -0.15) is 4.98 Å². The Kier molecular flexibility index (Phi) is 7.84. The van der Waals surface area contributed by atoms with Crippen LogP contribution < -0.4 is 15.9 Å². The van der Waals surface area contributed by atoms with Gasteiger partial charge in [-0.3, -0.25) is 9.78 Å². The van der Waals surface area contributed by atoms with Gasteiger partial charge in [-0.05, 0) is 62.4 Å². The second-order valence-corrected chi connectivity index (χ2v) is 12.0. The highest BCUT2D eigenvalue weighted by molar-refractivity contribution is 5.93. The van der Waals surface area contributed by atoms with Crippen LogP contribution in [0.5, 0.6) is 0 Å². The molecule has 0 radical (unpaired) electrons. The summed E-state index contributed by atoms with van der Waals surface area (Å²) in [5.74, 6) is -3.22. The normalized spacial score (nSPS) is 18.2. The third-order valence-corrected chi connectivity index (χ3v) is 8.55. The first-order chi connectivity index (χ1) is 21.5. The van der Waals surface area contributed by atoms with Crippen molar-refractivity contribution in [2.24, 2.45) is 0 Å². The lowest BCUT2D eigenvalue weighted by Gasteiger charge is -2.44. The minimum absolute atomic E-state index is 0.0362. The maximum absolute atomic E-state index is 16.2. The fourth-order valence-corrected chi connectivity index (χ4v) is 6.37. The number of piperazine rings is 1. The molecule has 9 nitrogen and oxygen atoms in total. The number of aromatic nitrogens is 4. The lowest BCUT2D eigenvalue weighted by atomic mass is 10.00. The van der Waals surface area contributed by atoms with E-state index in [-0.39, 0.29) is 47.1 Å². The van der Waals surface area contributed by atoms with Crippen LogP contribution in [0, 0.1) is 11.6 Å². The smallest absolute Gasteiger partial charge is 0.355 e. The molecule has 1 N–H and O–H groups in total. The van der Waals surface area contributed by atoms with Crippen LogP contribution >= 0.6 is 0 Å². The minimum Gasteiger partial charge on any atom is -0.384 e. The van der Waals surface area contributed by atoms with Crippen molar-refractivity contribution >= 4 is 28.4 Å². The second-order valence-electron chi connectivity index (χ2n) is 12.0. The Morgan fingerprint density at radius 3 is 2.60 bits per heavy atom. The predicted octanol–water partition coefficient (Wildman–Crippen LogP) is 5.51. The fourth-order valence-electron chi connectivity index (χ4n) is 6.37. The van der Waals surface area contributed by atoms with Crippen molar-refractivity contribution in [3.63, 3.8) is 0 Å². The highest BCUT2D eigenvalue weighted by Crippen LogP contribution is 2.37. The van der Waals surface area contributed by atoms with Gasteiger partial charge in [0.05, 0.1) is 22.3 Å². The van der Waals surface area contributed by atoms with E-state index in [1.54, 1.807) is 30.2 Å². The van der Waals surface area contributed by atoms with Crippen LogP contribution in [-0.2, 0) is 11.2 Å². The van der Waals surface area contributed by atoms with Crippen LogP contribution in [0.3, 0.4) is 0 Å². The first-order valence-electron chi connectivity index (χ1n) is 15.0. The average molecular weight is 618 g/mol. The van der Waals surface area contributed by atoms with Gasteiger partial charge >= 0.3 is 5.69 Å². The summed E-state index contributed by atoms with van der Waals surface area (Å²) in [4.78, 5) is 43.7. The number of hydrogen-bond acceptors (Lipinski definition) is 7. The zero-order valence-electron chi connectivity index (χ0n) is 25.6. The van der Waals surface area contributed by atoms with E-state index < -0.39 is 41.1 Å². The summed E-state index contributed by atoms with van der Waals surface area (Å²) < 4.78 is 46.8. The van der Waals surface area contributed by atoms with E-state index >= 15 is 8.78 Å². The molecule has 0 aliphatic carbocycles. The highest BCUT2D eigenvalue weighted by atomic mass is 19.1. The van der Waals surface area contributed by atoms with Gasteiger partial charge in [0.25, 0.3) is 5.91 Å². The van der Waals surface area contributed by atoms with Crippen LogP contribution in [-0.4, -0.2) is 62.0 Å². The van der Waals surface area contributed by atoms with E-state index in [4.69, 9.17) is 4.98 Å². The van der Waals surface area contributed by atoms with Crippen LogP contribution in [0.2, 0.25) is 0 Å². The van der Waals surface area contributed by atoms with E-state index in [0.717, 1.165) is 5.56 Å². The number of hydrogen-bond donors (Lipinski definition) is 1. The van der Waals surface area contributed by atoms with E-state index in [0.29, 0.717) is 36.5 Å². The summed E-state index contributed by atoms with van der Waals surface area (Å²) >= 11 is 0. The number of anilines is 2. The van der Waals surface area contributed by atoms with Crippen LogP contribution in [0.1, 0.15) is 51.3 Å². The molecule has 1 aromatic carbocycles. The van der Waals surface area contributed by atoms with Crippen molar-refractivity contribution in [1.29, 1.82) is 0 Å². The molecule has 5 heterocycles. The van der Waals surface area contributed by atoms with Gasteiger partial charge < -0.3 is 15.1 Å². The lowest BCUT2D eigenvalue weighted by Crippen LogP contribution is -2.58. The molecule has 1 fully saturated rings. The van der Waals surface area contributed by atoms with Gasteiger partial charge in [0, 0.05) is 43.6 Å². The first-order valence-corrected chi connectivity index (χ1v) is 15.0. The molecule has 6 rings (SSSR count). The summed E-state index contributed by atoms with van der Waals surface area (Å²) in [5, 5.41) is 3.47. The number of nitrogens with zero attached hydrogens (tertiary/aromatic N) is 6. The third kappa shape index (κ3) is 5.21. The third-order valence-electron chi connectivity index (χ3n) is 8.55. The minimum atomic E-state index is -1.06. The molecule has 0 unspecified atom stereocenters. The Bertz CT molecular complexity index is 1910. The number of benzene rings is 1. The molecule has 4 aromatic rings. The summed E-state index contributed by atoms with van der Waals surface area (Å²) in [5.41, 5.74) is 1.58. The molecule has 12 heteroatoms. The zero-order valence-corrected chi connectivity index (χ0v) is 25.6. The quantitative estimate of drug-likeness (QED) is 0.303. The molecule has 45 heavy (non-hydrogen) atoms. The van der Waals surface area contributed by atoms with Gasteiger partial charge in [0.2, 0.25) is 0 Å². The van der Waals surface area contributed by atoms with Crippen LogP contribution in [0.4, 0.5) is 24.7 Å². The molecule has 2 atom stereocenters. The molecule has 3 aromatic heterocycles.